The molecular formula is C23H30ClFN2O2. The van der Waals surface area contributed by atoms with Crippen molar-refractivity contribution in [3.63, 3.8) is 0 Å². The Balaban J connectivity index is 0.00000300. The van der Waals surface area contributed by atoms with Crippen LogP contribution in [0.2, 0.25) is 0 Å². The lowest BCUT2D eigenvalue weighted by molar-refractivity contribution is -0.214. The normalized spacial score (nSPS) is 19.4. The third-order valence-corrected chi connectivity index (χ3v) is 5.43. The highest BCUT2D eigenvalue weighted by atomic mass is 35.5. The standard InChI is InChI=1S/C23H29FN2O2.ClH/c1-18-16-25(14-12-20-8-4-3-5-9-20)15-13-23(18)26(19(2)27)28-17-21-10-6-7-11-22(21)24;/h3-11,18,23H,12-17H2,1-2H3;1H/t18-,23-;/m0./s1. The van der Waals surface area contributed by atoms with Crippen LogP contribution >= 0.6 is 12.4 Å². The van der Waals surface area contributed by atoms with Crippen LogP contribution in [0.15, 0.2) is 54.6 Å². The number of nitrogens with zero attached hydrogens (tertiary/aromatic N) is 2. The van der Waals surface area contributed by atoms with Crippen molar-refractivity contribution >= 4 is 18.3 Å². The minimum absolute atomic E-state index is 0. The fraction of sp³-hybridized carbons (Fsp3) is 0.435. The van der Waals surface area contributed by atoms with Gasteiger partial charge in [-0.1, -0.05) is 55.5 Å². The molecule has 0 N–H and O–H groups in total. The van der Waals surface area contributed by atoms with Crippen molar-refractivity contribution < 1.29 is 14.0 Å². The van der Waals surface area contributed by atoms with E-state index in [1.54, 1.807) is 18.2 Å². The van der Waals surface area contributed by atoms with Crippen LogP contribution in [0.25, 0.3) is 0 Å². The molecule has 2 aromatic rings. The molecular weight excluding hydrogens is 391 g/mol. The maximum atomic E-state index is 13.8. The first-order chi connectivity index (χ1) is 13.5. The molecule has 3 rings (SSSR count). The Morgan fingerprint density at radius 3 is 2.52 bits per heavy atom. The molecule has 4 nitrogen and oxygen atoms in total. The van der Waals surface area contributed by atoms with Crippen molar-refractivity contribution in [2.45, 2.75) is 39.3 Å². The lowest BCUT2D eigenvalue weighted by atomic mass is 9.93. The van der Waals surface area contributed by atoms with Gasteiger partial charge in [0, 0.05) is 32.1 Å². The largest absolute Gasteiger partial charge is 0.303 e. The Morgan fingerprint density at radius 1 is 1.17 bits per heavy atom. The summed E-state index contributed by atoms with van der Waals surface area (Å²) in [6, 6.07) is 17.0. The van der Waals surface area contributed by atoms with Crippen LogP contribution in [0.5, 0.6) is 0 Å². The lowest BCUT2D eigenvalue weighted by Gasteiger charge is -2.41. The maximum absolute atomic E-state index is 13.8. The smallest absolute Gasteiger partial charge is 0.243 e. The van der Waals surface area contributed by atoms with Gasteiger partial charge >= 0.3 is 0 Å². The molecule has 0 aliphatic carbocycles. The molecule has 158 valence electrons. The summed E-state index contributed by atoms with van der Waals surface area (Å²) in [7, 11) is 0. The van der Waals surface area contributed by atoms with Gasteiger partial charge in [-0.15, -0.1) is 12.4 Å². The zero-order valence-corrected chi connectivity index (χ0v) is 17.9. The number of hydroxylamine groups is 2. The van der Waals surface area contributed by atoms with E-state index in [-0.39, 0.29) is 42.7 Å². The van der Waals surface area contributed by atoms with Crippen molar-refractivity contribution in [3.8, 4) is 0 Å². The van der Waals surface area contributed by atoms with Crippen LogP contribution in [0.3, 0.4) is 0 Å². The van der Waals surface area contributed by atoms with E-state index in [0.29, 0.717) is 5.56 Å². The summed E-state index contributed by atoms with van der Waals surface area (Å²) < 4.78 is 13.8. The van der Waals surface area contributed by atoms with Crippen molar-refractivity contribution in [2.24, 2.45) is 5.92 Å². The van der Waals surface area contributed by atoms with Gasteiger partial charge in [0.1, 0.15) is 12.4 Å². The van der Waals surface area contributed by atoms with Gasteiger partial charge in [-0.05, 0) is 30.4 Å². The van der Waals surface area contributed by atoms with Gasteiger partial charge < -0.3 is 4.90 Å². The van der Waals surface area contributed by atoms with Crippen molar-refractivity contribution in [2.75, 3.05) is 19.6 Å². The molecule has 0 unspecified atom stereocenters. The fourth-order valence-corrected chi connectivity index (χ4v) is 3.88. The summed E-state index contributed by atoms with van der Waals surface area (Å²) >= 11 is 0. The first-order valence-electron chi connectivity index (χ1n) is 9.97. The van der Waals surface area contributed by atoms with Gasteiger partial charge in [0.15, 0.2) is 0 Å². The van der Waals surface area contributed by atoms with Gasteiger partial charge in [-0.2, -0.15) is 0 Å². The average Bonchev–Trinajstić information content (AvgIpc) is 2.69. The molecule has 1 amide bonds. The minimum atomic E-state index is -0.310. The van der Waals surface area contributed by atoms with Gasteiger partial charge in [-0.25, -0.2) is 9.45 Å². The third kappa shape index (κ3) is 6.53. The predicted molar refractivity (Wildman–Crippen MR) is 115 cm³/mol. The second-order valence-electron chi connectivity index (χ2n) is 7.58. The molecule has 2 atom stereocenters. The molecule has 1 aliphatic rings. The Morgan fingerprint density at radius 2 is 1.86 bits per heavy atom. The van der Waals surface area contributed by atoms with Crippen LogP contribution in [-0.2, 0) is 22.7 Å². The van der Waals surface area contributed by atoms with E-state index in [9.17, 15) is 9.18 Å². The highest BCUT2D eigenvalue weighted by molar-refractivity contribution is 5.85. The number of carbonyl (C=O) groups excluding carboxylic acids is 1. The summed E-state index contributed by atoms with van der Waals surface area (Å²) in [6.45, 7) is 6.58. The van der Waals surface area contributed by atoms with Crippen LogP contribution in [-0.4, -0.2) is 41.5 Å². The molecule has 2 aromatic carbocycles. The number of hydrogen-bond acceptors (Lipinski definition) is 3. The number of likely N-dealkylation sites (tertiary alicyclic amines) is 1. The molecule has 0 radical (unpaired) electrons. The predicted octanol–water partition coefficient (Wildman–Crippen LogP) is 4.48. The van der Waals surface area contributed by atoms with Gasteiger partial charge in [0.25, 0.3) is 0 Å². The Hall–Kier alpha value is -1.95. The third-order valence-electron chi connectivity index (χ3n) is 5.43. The number of rotatable bonds is 7. The molecule has 0 saturated carbocycles. The summed E-state index contributed by atoms with van der Waals surface area (Å²) in [5.41, 5.74) is 1.80. The van der Waals surface area contributed by atoms with Crippen LogP contribution in [0.4, 0.5) is 4.39 Å². The number of halogens is 2. The molecule has 1 heterocycles. The zero-order chi connectivity index (χ0) is 19.9. The Labute approximate surface area is 179 Å². The monoisotopic (exact) mass is 420 g/mol. The Bertz CT molecular complexity index is 774. The van der Waals surface area contributed by atoms with E-state index in [1.807, 2.05) is 6.07 Å². The number of amides is 1. The number of hydrogen-bond donors (Lipinski definition) is 0. The minimum Gasteiger partial charge on any atom is -0.303 e. The average molecular weight is 421 g/mol. The highest BCUT2D eigenvalue weighted by Crippen LogP contribution is 2.24. The lowest BCUT2D eigenvalue weighted by Crippen LogP contribution is -2.51. The van der Waals surface area contributed by atoms with Crippen LogP contribution in [0.1, 0.15) is 31.4 Å². The molecule has 1 aliphatic heterocycles. The van der Waals surface area contributed by atoms with E-state index < -0.39 is 0 Å². The summed E-state index contributed by atoms with van der Waals surface area (Å²) in [6.07, 6.45) is 1.88. The topological polar surface area (TPSA) is 32.8 Å². The maximum Gasteiger partial charge on any atom is 0.243 e. The first kappa shape index (κ1) is 23.3. The molecule has 0 aromatic heterocycles. The van der Waals surface area contributed by atoms with Crippen LogP contribution < -0.4 is 0 Å². The second kappa shape index (κ2) is 11.3. The molecule has 6 heteroatoms. The summed E-state index contributed by atoms with van der Waals surface area (Å²) in [5.74, 6) is -0.158. The van der Waals surface area contributed by atoms with Crippen molar-refractivity contribution in [1.82, 2.24) is 9.96 Å². The van der Waals surface area contributed by atoms with E-state index in [4.69, 9.17) is 4.84 Å². The fourth-order valence-electron chi connectivity index (χ4n) is 3.88. The first-order valence-corrected chi connectivity index (χ1v) is 9.97. The second-order valence-corrected chi connectivity index (χ2v) is 7.58. The van der Waals surface area contributed by atoms with Gasteiger partial charge in [0.05, 0.1) is 6.04 Å². The van der Waals surface area contributed by atoms with Crippen LogP contribution in [0, 0.1) is 11.7 Å². The van der Waals surface area contributed by atoms with E-state index >= 15 is 0 Å². The van der Waals surface area contributed by atoms with Gasteiger partial charge in [0.2, 0.25) is 5.91 Å². The van der Waals surface area contributed by atoms with E-state index in [1.165, 1.54) is 23.6 Å². The summed E-state index contributed by atoms with van der Waals surface area (Å²) in [4.78, 5) is 20.4. The molecule has 1 fully saturated rings. The van der Waals surface area contributed by atoms with E-state index in [0.717, 1.165) is 32.5 Å². The van der Waals surface area contributed by atoms with Crippen molar-refractivity contribution in [3.05, 3.63) is 71.5 Å². The number of piperidine rings is 1. The summed E-state index contributed by atoms with van der Waals surface area (Å²) in [5, 5.41) is 1.46. The zero-order valence-electron chi connectivity index (χ0n) is 17.1. The molecule has 0 spiro atoms. The van der Waals surface area contributed by atoms with E-state index in [2.05, 4.69) is 36.1 Å². The molecule has 0 bridgehead atoms. The number of carbonyl (C=O) groups is 1. The Kier molecular flexibility index (Phi) is 9.08. The van der Waals surface area contributed by atoms with Crippen molar-refractivity contribution in [1.29, 1.82) is 0 Å². The van der Waals surface area contributed by atoms with Gasteiger partial charge in [-0.3, -0.25) is 9.63 Å². The quantitative estimate of drug-likeness (QED) is 0.619. The highest BCUT2D eigenvalue weighted by Gasteiger charge is 2.33. The molecule has 29 heavy (non-hydrogen) atoms. The number of benzene rings is 2. The molecule has 1 saturated heterocycles. The SMILES string of the molecule is CC(=O)N(OCc1ccccc1F)[C@H]1CCN(CCc2ccccc2)C[C@@H]1C.Cl.